The molecule has 1 fully saturated rings. The van der Waals surface area contributed by atoms with Gasteiger partial charge in [0.25, 0.3) is 0 Å². The van der Waals surface area contributed by atoms with Crippen LogP contribution in [0.3, 0.4) is 0 Å². The van der Waals surface area contributed by atoms with Gasteiger partial charge in [0.05, 0.1) is 13.0 Å². The molecule has 98 valence electrons. The van der Waals surface area contributed by atoms with Crippen LogP contribution in [0.15, 0.2) is 24.3 Å². The van der Waals surface area contributed by atoms with E-state index in [1.54, 1.807) is 12.1 Å². The van der Waals surface area contributed by atoms with Crippen LogP contribution >= 0.6 is 0 Å². The van der Waals surface area contributed by atoms with Crippen molar-refractivity contribution in [2.45, 2.75) is 18.9 Å². The smallest absolute Gasteiger partial charge is 0.307 e. The number of hydrogen-bond donors (Lipinski definition) is 2. The van der Waals surface area contributed by atoms with Gasteiger partial charge in [-0.2, -0.15) is 0 Å². The zero-order valence-electron chi connectivity index (χ0n) is 10.3. The average Bonchev–Trinajstić information content (AvgIpc) is 2.28. The summed E-state index contributed by atoms with van der Waals surface area (Å²) in [5, 5.41) is 11.9. The standard InChI is InChI=1S/C13H17NO4/c1-2-17-10-3-5-11(6-4-10)18-13(7-12(15)16)8-14-9-13/h3-6,14H,2,7-9H2,1H3,(H,15,16). The van der Waals surface area contributed by atoms with E-state index < -0.39 is 11.6 Å². The first-order valence-electron chi connectivity index (χ1n) is 5.98. The van der Waals surface area contributed by atoms with Gasteiger partial charge in [-0.25, -0.2) is 0 Å². The van der Waals surface area contributed by atoms with E-state index in [0.717, 1.165) is 5.75 Å². The first-order chi connectivity index (χ1) is 8.63. The van der Waals surface area contributed by atoms with Gasteiger partial charge in [-0.15, -0.1) is 0 Å². The van der Waals surface area contributed by atoms with Crippen LogP contribution in [0.25, 0.3) is 0 Å². The van der Waals surface area contributed by atoms with Crippen LogP contribution in [0.2, 0.25) is 0 Å². The number of carboxylic acids is 1. The largest absolute Gasteiger partial charge is 0.494 e. The molecule has 5 nitrogen and oxygen atoms in total. The molecule has 0 saturated carbocycles. The lowest BCUT2D eigenvalue weighted by atomic mass is 9.92. The fourth-order valence-corrected chi connectivity index (χ4v) is 1.93. The topological polar surface area (TPSA) is 67.8 Å². The minimum absolute atomic E-state index is 0.00715. The van der Waals surface area contributed by atoms with Crippen molar-refractivity contribution in [1.82, 2.24) is 5.32 Å². The predicted octanol–water partition coefficient (Wildman–Crippen LogP) is 1.28. The lowest BCUT2D eigenvalue weighted by molar-refractivity contribution is -0.143. The van der Waals surface area contributed by atoms with Crippen LogP contribution in [0.4, 0.5) is 0 Å². The van der Waals surface area contributed by atoms with Crippen LogP contribution in [0.5, 0.6) is 11.5 Å². The summed E-state index contributed by atoms with van der Waals surface area (Å²) in [6, 6.07) is 7.23. The molecule has 0 radical (unpaired) electrons. The molecular weight excluding hydrogens is 234 g/mol. The summed E-state index contributed by atoms with van der Waals surface area (Å²) < 4.78 is 11.1. The first-order valence-corrected chi connectivity index (χ1v) is 5.98. The molecule has 0 amide bonds. The van der Waals surface area contributed by atoms with Crippen LogP contribution in [0.1, 0.15) is 13.3 Å². The second-order valence-corrected chi connectivity index (χ2v) is 4.36. The lowest BCUT2D eigenvalue weighted by Crippen LogP contribution is -2.64. The minimum atomic E-state index is -0.845. The van der Waals surface area contributed by atoms with Gasteiger partial charge in [-0.1, -0.05) is 0 Å². The van der Waals surface area contributed by atoms with Gasteiger partial charge >= 0.3 is 5.97 Å². The third kappa shape index (κ3) is 2.92. The maximum atomic E-state index is 10.8. The molecule has 5 heteroatoms. The number of carboxylic acid groups (broad SMARTS) is 1. The van der Waals surface area contributed by atoms with Crippen molar-refractivity contribution in [3.63, 3.8) is 0 Å². The second-order valence-electron chi connectivity index (χ2n) is 4.36. The minimum Gasteiger partial charge on any atom is -0.494 e. The number of benzene rings is 1. The van der Waals surface area contributed by atoms with Crippen molar-refractivity contribution < 1.29 is 19.4 Å². The SMILES string of the molecule is CCOc1ccc(OC2(CC(=O)O)CNC2)cc1. The monoisotopic (exact) mass is 251 g/mol. The molecule has 1 aromatic rings. The van der Waals surface area contributed by atoms with E-state index in [2.05, 4.69) is 5.32 Å². The summed E-state index contributed by atoms with van der Waals surface area (Å²) in [4.78, 5) is 10.8. The Labute approximate surface area is 106 Å². The van der Waals surface area contributed by atoms with Crippen LogP contribution < -0.4 is 14.8 Å². The normalized spacial score (nSPS) is 16.7. The molecule has 0 aliphatic carbocycles. The number of hydrogen-bond acceptors (Lipinski definition) is 4. The van der Waals surface area contributed by atoms with Gasteiger partial charge in [0.15, 0.2) is 0 Å². The molecule has 1 heterocycles. The zero-order valence-corrected chi connectivity index (χ0v) is 10.3. The lowest BCUT2D eigenvalue weighted by Gasteiger charge is -2.41. The van der Waals surface area contributed by atoms with Crippen molar-refractivity contribution in [2.75, 3.05) is 19.7 Å². The van der Waals surface area contributed by atoms with Gasteiger partial charge in [0.2, 0.25) is 0 Å². The fraction of sp³-hybridized carbons (Fsp3) is 0.462. The van der Waals surface area contributed by atoms with E-state index in [4.69, 9.17) is 14.6 Å². The number of aliphatic carboxylic acids is 1. The Hall–Kier alpha value is -1.75. The molecule has 1 saturated heterocycles. The highest BCUT2D eigenvalue weighted by molar-refractivity contribution is 5.68. The quantitative estimate of drug-likeness (QED) is 0.797. The number of ether oxygens (including phenoxy) is 2. The van der Waals surface area contributed by atoms with Gasteiger partial charge in [-0.05, 0) is 31.2 Å². The number of carbonyl (C=O) groups is 1. The third-order valence-electron chi connectivity index (χ3n) is 2.84. The molecule has 1 aliphatic rings. The van der Waals surface area contributed by atoms with Crippen molar-refractivity contribution in [3.8, 4) is 11.5 Å². The maximum Gasteiger partial charge on any atom is 0.307 e. The van der Waals surface area contributed by atoms with E-state index in [9.17, 15) is 4.79 Å². The van der Waals surface area contributed by atoms with Gasteiger partial charge in [-0.3, -0.25) is 4.79 Å². The van der Waals surface area contributed by atoms with E-state index in [-0.39, 0.29) is 6.42 Å². The summed E-state index contributed by atoms with van der Waals surface area (Å²) in [6.45, 7) is 3.67. The Balaban J connectivity index is 2.01. The molecule has 0 atom stereocenters. The Morgan fingerprint density at radius 3 is 2.39 bits per heavy atom. The van der Waals surface area contributed by atoms with E-state index in [1.807, 2.05) is 19.1 Å². The molecule has 1 aromatic carbocycles. The van der Waals surface area contributed by atoms with Crippen molar-refractivity contribution in [2.24, 2.45) is 0 Å². The summed E-state index contributed by atoms with van der Waals surface area (Å²) in [7, 11) is 0. The molecule has 2 N–H and O–H groups in total. The van der Waals surface area contributed by atoms with Crippen molar-refractivity contribution >= 4 is 5.97 Å². The molecule has 18 heavy (non-hydrogen) atoms. The number of nitrogens with one attached hydrogen (secondary N) is 1. The van der Waals surface area contributed by atoms with Crippen LogP contribution in [-0.4, -0.2) is 36.4 Å². The predicted molar refractivity (Wildman–Crippen MR) is 66.1 cm³/mol. The third-order valence-corrected chi connectivity index (χ3v) is 2.84. The second kappa shape index (κ2) is 5.27. The van der Waals surface area contributed by atoms with Crippen LogP contribution in [-0.2, 0) is 4.79 Å². The van der Waals surface area contributed by atoms with Gasteiger partial charge in [0.1, 0.15) is 17.1 Å². The molecule has 2 rings (SSSR count). The molecule has 1 aliphatic heterocycles. The molecule has 0 bridgehead atoms. The highest BCUT2D eigenvalue weighted by Gasteiger charge is 2.41. The average molecular weight is 251 g/mol. The highest BCUT2D eigenvalue weighted by atomic mass is 16.5. The summed E-state index contributed by atoms with van der Waals surface area (Å²) in [5.41, 5.74) is -0.612. The first kappa shape index (κ1) is 12.7. The van der Waals surface area contributed by atoms with Crippen LogP contribution in [0, 0.1) is 0 Å². The van der Waals surface area contributed by atoms with Gasteiger partial charge in [0, 0.05) is 13.1 Å². The van der Waals surface area contributed by atoms with E-state index in [1.165, 1.54) is 0 Å². The summed E-state index contributed by atoms with van der Waals surface area (Å²) in [5.74, 6) is 0.604. The maximum absolute atomic E-state index is 10.8. The summed E-state index contributed by atoms with van der Waals surface area (Å²) >= 11 is 0. The Kier molecular flexibility index (Phi) is 3.72. The molecular formula is C13H17NO4. The van der Waals surface area contributed by atoms with Gasteiger partial charge < -0.3 is 19.9 Å². The Morgan fingerprint density at radius 2 is 1.94 bits per heavy atom. The van der Waals surface area contributed by atoms with Crippen molar-refractivity contribution in [1.29, 1.82) is 0 Å². The highest BCUT2D eigenvalue weighted by Crippen LogP contribution is 2.26. The molecule has 0 unspecified atom stereocenters. The molecule has 0 aromatic heterocycles. The zero-order chi connectivity index (χ0) is 13.0. The Morgan fingerprint density at radius 1 is 1.33 bits per heavy atom. The van der Waals surface area contributed by atoms with Crippen molar-refractivity contribution in [3.05, 3.63) is 24.3 Å². The fourth-order valence-electron chi connectivity index (χ4n) is 1.93. The summed E-state index contributed by atoms with van der Waals surface area (Å²) in [6.07, 6.45) is 0.00715. The van der Waals surface area contributed by atoms with E-state index >= 15 is 0 Å². The number of rotatable bonds is 6. The Bertz CT molecular complexity index is 412. The molecule has 0 spiro atoms. The van der Waals surface area contributed by atoms with E-state index in [0.29, 0.717) is 25.4 Å².